The maximum Gasteiger partial charge on any atom is 0.255 e. The third kappa shape index (κ3) is 3.20. The van der Waals surface area contributed by atoms with Crippen LogP contribution in [0, 0.1) is 20.8 Å². The molecule has 0 radical (unpaired) electrons. The fourth-order valence-electron chi connectivity index (χ4n) is 2.04. The van der Waals surface area contributed by atoms with E-state index in [2.05, 4.69) is 21.2 Å². The smallest absolute Gasteiger partial charge is 0.255 e. The second kappa shape index (κ2) is 5.67. The lowest BCUT2D eigenvalue weighted by Gasteiger charge is -2.12. The molecule has 1 amide bonds. The molecule has 3 nitrogen and oxygen atoms in total. The van der Waals surface area contributed by atoms with Crippen molar-refractivity contribution in [3.8, 4) is 0 Å². The van der Waals surface area contributed by atoms with Gasteiger partial charge in [-0.15, -0.1) is 0 Å². The van der Waals surface area contributed by atoms with Gasteiger partial charge in [-0.25, -0.2) is 0 Å². The number of carbonyl (C=O) groups is 1. The minimum atomic E-state index is -0.123. The molecule has 0 aliphatic heterocycles. The molecular formula is C16H17BrN2O. The van der Waals surface area contributed by atoms with E-state index >= 15 is 0 Å². The molecule has 3 N–H and O–H groups in total. The Hall–Kier alpha value is -1.81. The topological polar surface area (TPSA) is 55.1 Å². The maximum absolute atomic E-state index is 12.3. The Kier molecular flexibility index (Phi) is 4.14. The van der Waals surface area contributed by atoms with Gasteiger partial charge in [0.2, 0.25) is 0 Å². The Labute approximate surface area is 127 Å². The van der Waals surface area contributed by atoms with E-state index in [1.165, 1.54) is 0 Å². The van der Waals surface area contributed by atoms with E-state index in [0.29, 0.717) is 5.56 Å². The number of anilines is 2. The molecule has 4 heteroatoms. The highest BCUT2D eigenvalue weighted by Gasteiger charge is 2.10. The molecule has 0 aliphatic rings. The molecule has 104 valence electrons. The van der Waals surface area contributed by atoms with Gasteiger partial charge >= 0.3 is 0 Å². The molecule has 20 heavy (non-hydrogen) atoms. The van der Waals surface area contributed by atoms with Crippen LogP contribution in [0.15, 0.2) is 34.8 Å². The normalized spacial score (nSPS) is 10.4. The molecule has 0 aliphatic carbocycles. The van der Waals surface area contributed by atoms with Crippen molar-refractivity contribution in [3.05, 3.63) is 57.1 Å². The summed E-state index contributed by atoms with van der Waals surface area (Å²) in [6, 6.07) is 9.40. The first-order valence-corrected chi connectivity index (χ1v) is 7.11. The van der Waals surface area contributed by atoms with Gasteiger partial charge in [-0.05, 0) is 67.8 Å². The van der Waals surface area contributed by atoms with Gasteiger partial charge in [-0.1, -0.05) is 15.9 Å². The average molecular weight is 333 g/mol. The van der Waals surface area contributed by atoms with Crippen LogP contribution in [0.4, 0.5) is 11.4 Å². The van der Waals surface area contributed by atoms with Crippen LogP contribution in [0.3, 0.4) is 0 Å². The van der Waals surface area contributed by atoms with Gasteiger partial charge in [0, 0.05) is 21.4 Å². The number of hydrogen-bond acceptors (Lipinski definition) is 2. The van der Waals surface area contributed by atoms with E-state index in [4.69, 9.17) is 5.73 Å². The lowest BCUT2D eigenvalue weighted by molar-refractivity contribution is 0.102. The standard InChI is InChI=1S/C16H17BrN2O/c1-9-4-12(8-13(17)5-9)16(20)19-15-7-10(2)14(18)6-11(15)3/h4-8H,18H2,1-3H3,(H,19,20). The maximum atomic E-state index is 12.3. The molecule has 0 fully saturated rings. The third-order valence-corrected chi connectivity index (χ3v) is 3.62. The Morgan fingerprint density at radius 3 is 2.40 bits per heavy atom. The highest BCUT2D eigenvalue weighted by molar-refractivity contribution is 9.10. The molecule has 0 saturated heterocycles. The summed E-state index contributed by atoms with van der Waals surface area (Å²) in [5.74, 6) is -0.123. The quantitative estimate of drug-likeness (QED) is 0.809. The molecule has 0 atom stereocenters. The molecule has 2 rings (SSSR count). The number of carbonyl (C=O) groups excluding carboxylic acids is 1. The second-order valence-corrected chi connectivity index (χ2v) is 5.91. The zero-order chi connectivity index (χ0) is 14.9. The fourth-order valence-corrected chi connectivity index (χ4v) is 2.64. The zero-order valence-corrected chi connectivity index (χ0v) is 13.3. The van der Waals surface area contributed by atoms with Crippen LogP contribution < -0.4 is 11.1 Å². The van der Waals surface area contributed by atoms with Crippen LogP contribution in [0.2, 0.25) is 0 Å². The first-order valence-electron chi connectivity index (χ1n) is 6.32. The van der Waals surface area contributed by atoms with Crippen molar-refractivity contribution in [1.82, 2.24) is 0 Å². The Bertz CT molecular complexity index is 660. The molecule has 0 bridgehead atoms. The zero-order valence-electron chi connectivity index (χ0n) is 11.8. The monoisotopic (exact) mass is 332 g/mol. The third-order valence-electron chi connectivity index (χ3n) is 3.17. The predicted octanol–water partition coefficient (Wildman–Crippen LogP) is 4.21. The lowest BCUT2D eigenvalue weighted by atomic mass is 10.1. The van der Waals surface area contributed by atoms with Crippen LogP contribution >= 0.6 is 15.9 Å². The highest BCUT2D eigenvalue weighted by atomic mass is 79.9. The number of nitrogen functional groups attached to an aromatic ring is 1. The van der Waals surface area contributed by atoms with Crippen molar-refractivity contribution in [2.45, 2.75) is 20.8 Å². The highest BCUT2D eigenvalue weighted by Crippen LogP contribution is 2.23. The van der Waals surface area contributed by atoms with Crippen LogP contribution in [0.5, 0.6) is 0 Å². The van der Waals surface area contributed by atoms with Crippen LogP contribution in [-0.4, -0.2) is 5.91 Å². The molecule has 0 saturated carbocycles. The van der Waals surface area contributed by atoms with Crippen molar-refractivity contribution in [3.63, 3.8) is 0 Å². The van der Waals surface area contributed by atoms with Gasteiger partial charge in [-0.3, -0.25) is 4.79 Å². The Balaban J connectivity index is 2.30. The first kappa shape index (κ1) is 14.6. The van der Waals surface area contributed by atoms with Gasteiger partial charge < -0.3 is 11.1 Å². The number of halogens is 1. The molecule has 0 spiro atoms. The first-order chi connectivity index (χ1) is 9.36. The van der Waals surface area contributed by atoms with Crippen LogP contribution in [0.1, 0.15) is 27.0 Å². The number of benzene rings is 2. The van der Waals surface area contributed by atoms with Crippen molar-refractivity contribution in [2.24, 2.45) is 0 Å². The summed E-state index contributed by atoms with van der Waals surface area (Å²) in [6.45, 7) is 5.81. The SMILES string of the molecule is Cc1cc(Br)cc(C(=O)Nc2cc(C)c(N)cc2C)c1. The Morgan fingerprint density at radius 1 is 1.05 bits per heavy atom. The number of nitrogens with two attached hydrogens (primary N) is 1. The molecule has 0 unspecified atom stereocenters. The summed E-state index contributed by atoms with van der Waals surface area (Å²) in [4.78, 5) is 12.3. The van der Waals surface area contributed by atoms with Gasteiger partial charge in [0.15, 0.2) is 0 Å². The molecule has 0 heterocycles. The summed E-state index contributed by atoms with van der Waals surface area (Å²) < 4.78 is 0.896. The number of hydrogen-bond donors (Lipinski definition) is 2. The number of rotatable bonds is 2. The molecule has 2 aromatic rings. The van der Waals surface area contributed by atoms with Gasteiger partial charge in [0.05, 0.1) is 0 Å². The van der Waals surface area contributed by atoms with E-state index in [-0.39, 0.29) is 5.91 Å². The lowest BCUT2D eigenvalue weighted by Crippen LogP contribution is -2.13. The largest absolute Gasteiger partial charge is 0.399 e. The summed E-state index contributed by atoms with van der Waals surface area (Å²) in [6.07, 6.45) is 0. The molecule has 0 aromatic heterocycles. The van der Waals surface area contributed by atoms with Crippen LogP contribution in [-0.2, 0) is 0 Å². The van der Waals surface area contributed by atoms with E-state index in [0.717, 1.165) is 32.5 Å². The molecule has 2 aromatic carbocycles. The molecular weight excluding hydrogens is 316 g/mol. The van der Waals surface area contributed by atoms with Gasteiger partial charge in [0.25, 0.3) is 5.91 Å². The summed E-state index contributed by atoms with van der Waals surface area (Å²) >= 11 is 3.41. The number of amides is 1. The van der Waals surface area contributed by atoms with Crippen LogP contribution in [0.25, 0.3) is 0 Å². The Morgan fingerprint density at radius 2 is 1.75 bits per heavy atom. The van der Waals surface area contributed by atoms with E-state index in [1.807, 2.05) is 51.1 Å². The summed E-state index contributed by atoms with van der Waals surface area (Å²) in [5.41, 5.74) is 11.0. The van der Waals surface area contributed by atoms with E-state index in [1.54, 1.807) is 0 Å². The second-order valence-electron chi connectivity index (χ2n) is 5.00. The minimum Gasteiger partial charge on any atom is -0.399 e. The van der Waals surface area contributed by atoms with E-state index < -0.39 is 0 Å². The number of aryl methyl sites for hydroxylation is 3. The van der Waals surface area contributed by atoms with Gasteiger partial charge in [0.1, 0.15) is 0 Å². The fraction of sp³-hybridized carbons (Fsp3) is 0.188. The average Bonchev–Trinajstić information content (AvgIpc) is 2.34. The van der Waals surface area contributed by atoms with Crippen molar-refractivity contribution in [1.29, 1.82) is 0 Å². The summed E-state index contributed by atoms with van der Waals surface area (Å²) in [7, 11) is 0. The summed E-state index contributed by atoms with van der Waals surface area (Å²) in [5, 5.41) is 2.93. The van der Waals surface area contributed by atoms with Gasteiger partial charge in [-0.2, -0.15) is 0 Å². The van der Waals surface area contributed by atoms with E-state index in [9.17, 15) is 4.79 Å². The van der Waals surface area contributed by atoms with Crippen molar-refractivity contribution >= 4 is 33.2 Å². The van der Waals surface area contributed by atoms with Crippen molar-refractivity contribution < 1.29 is 4.79 Å². The number of nitrogens with one attached hydrogen (secondary N) is 1. The predicted molar refractivity (Wildman–Crippen MR) is 87.2 cm³/mol. The minimum absolute atomic E-state index is 0.123. The van der Waals surface area contributed by atoms with Crippen molar-refractivity contribution in [2.75, 3.05) is 11.1 Å².